The quantitative estimate of drug-likeness (QED) is 0.723. The number of hydrogen-bond donors (Lipinski definition) is 0. The van der Waals surface area contributed by atoms with E-state index in [4.69, 9.17) is 4.74 Å². The van der Waals surface area contributed by atoms with Crippen molar-refractivity contribution in [2.45, 2.75) is 25.5 Å². The third-order valence-corrected chi connectivity index (χ3v) is 3.84. The average Bonchev–Trinajstić information content (AvgIpc) is 2.99. The zero-order valence-electron chi connectivity index (χ0n) is 11.6. The lowest BCUT2D eigenvalue weighted by atomic mass is 10.1. The molecule has 0 bridgehead atoms. The van der Waals surface area contributed by atoms with Crippen LogP contribution in [0.2, 0.25) is 0 Å². The molecule has 106 valence electrons. The molecule has 0 aromatic carbocycles. The second-order valence-electron chi connectivity index (χ2n) is 5.25. The van der Waals surface area contributed by atoms with E-state index < -0.39 is 0 Å². The average molecular weight is 280 g/mol. The Morgan fingerprint density at radius 2 is 2.14 bits per heavy atom. The van der Waals surface area contributed by atoms with Gasteiger partial charge in [0.05, 0.1) is 17.4 Å². The van der Waals surface area contributed by atoms with Crippen LogP contribution in [-0.2, 0) is 4.74 Å². The first-order valence-corrected chi connectivity index (χ1v) is 7.28. The second-order valence-corrected chi connectivity index (χ2v) is 5.25. The molecule has 3 aromatic rings. The van der Waals surface area contributed by atoms with Crippen molar-refractivity contribution in [3.63, 3.8) is 0 Å². The monoisotopic (exact) mass is 280 g/mol. The molecule has 1 aliphatic rings. The lowest BCUT2D eigenvalue weighted by Gasteiger charge is -2.23. The van der Waals surface area contributed by atoms with Crippen LogP contribution in [0.25, 0.3) is 22.3 Å². The molecule has 5 nitrogen and oxygen atoms in total. The molecule has 1 unspecified atom stereocenters. The summed E-state index contributed by atoms with van der Waals surface area (Å²) in [5.41, 5.74) is 3.85. The van der Waals surface area contributed by atoms with Crippen molar-refractivity contribution in [3.8, 4) is 11.3 Å². The Balaban J connectivity index is 1.73. The van der Waals surface area contributed by atoms with Gasteiger partial charge in [0.15, 0.2) is 6.23 Å². The molecule has 1 aliphatic heterocycles. The summed E-state index contributed by atoms with van der Waals surface area (Å²) in [6, 6.07) is 8.01. The third-order valence-electron chi connectivity index (χ3n) is 3.84. The summed E-state index contributed by atoms with van der Waals surface area (Å²) in [4.78, 5) is 8.82. The molecule has 4 rings (SSSR count). The minimum absolute atomic E-state index is 0.0438. The fourth-order valence-electron chi connectivity index (χ4n) is 2.76. The first kappa shape index (κ1) is 12.5. The molecule has 5 heteroatoms. The lowest BCUT2D eigenvalue weighted by molar-refractivity contribution is -0.0366. The molecule has 1 fully saturated rings. The van der Waals surface area contributed by atoms with E-state index in [9.17, 15) is 0 Å². The Labute approximate surface area is 122 Å². The highest BCUT2D eigenvalue weighted by molar-refractivity contribution is 5.78. The summed E-state index contributed by atoms with van der Waals surface area (Å²) in [5.74, 6) is 0. The highest BCUT2D eigenvalue weighted by atomic mass is 16.5. The predicted octanol–water partition coefficient (Wildman–Crippen LogP) is 3.19. The Hall–Kier alpha value is -2.27. The normalized spacial score (nSPS) is 19.0. The van der Waals surface area contributed by atoms with Crippen LogP contribution in [0.15, 0.2) is 42.9 Å². The maximum atomic E-state index is 5.81. The molecule has 0 saturated carbocycles. The fourth-order valence-corrected chi connectivity index (χ4v) is 2.76. The number of aromatic nitrogens is 4. The van der Waals surface area contributed by atoms with Gasteiger partial charge < -0.3 is 4.74 Å². The SMILES string of the molecule is c1cncc(-c2ccc3c(cnn3C3CCCCO3)n2)c1. The van der Waals surface area contributed by atoms with Crippen molar-refractivity contribution in [1.29, 1.82) is 0 Å². The van der Waals surface area contributed by atoms with Crippen LogP contribution in [0.1, 0.15) is 25.5 Å². The van der Waals surface area contributed by atoms with Crippen molar-refractivity contribution in [1.82, 2.24) is 19.7 Å². The van der Waals surface area contributed by atoms with Gasteiger partial charge in [-0.2, -0.15) is 5.10 Å². The largest absolute Gasteiger partial charge is 0.356 e. The predicted molar refractivity (Wildman–Crippen MR) is 79.6 cm³/mol. The molecule has 4 heterocycles. The summed E-state index contributed by atoms with van der Waals surface area (Å²) in [6.45, 7) is 0.813. The van der Waals surface area contributed by atoms with Crippen molar-refractivity contribution in [3.05, 3.63) is 42.9 Å². The molecular weight excluding hydrogens is 264 g/mol. The van der Waals surface area contributed by atoms with E-state index in [0.717, 1.165) is 41.7 Å². The van der Waals surface area contributed by atoms with Gasteiger partial charge in [-0.15, -0.1) is 0 Å². The molecule has 1 atom stereocenters. The van der Waals surface area contributed by atoms with Crippen molar-refractivity contribution >= 4 is 11.0 Å². The summed E-state index contributed by atoms with van der Waals surface area (Å²) >= 11 is 0. The smallest absolute Gasteiger partial charge is 0.150 e. The van der Waals surface area contributed by atoms with Crippen molar-refractivity contribution in [2.75, 3.05) is 6.61 Å². The molecule has 0 aliphatic carbocycles. The first-order valence-electron chi connectivity index (χ1n) is 7.28. The zero-order valence-corrected chi connectivity index (χ0v) is 11.6. The summed E-state index contributed by atoms with van der Waals surface area (Å²) in [7, 11) is 0. The molecule has 0 spiro atoms. The molecule has 21 heavy (non-hydrogen) atoms. The number of hydrogen-bond acceptors (Lipinski definition) is 4. The highest BCUT2D eigenvalue weighted by Gasteiger charge is 2.18. The third kappa shape index (κ3) is 2.29. The number of nitrogens with zero attached hydrogens (tertiary/aromatic N) is 4. The van der Waals surface area contributed by atoms with Gasteiger partial charge in [-0.25, -0.2) is 9.67 Å². The van der Waals surface area contributed by atoms with E-state index in [-0.39, 0.29) is 6.23 Å². The minimum Gasteiger partial charge on any atom is -0.356 e. The molecular formula is C16H16N4O. The van der Waals surface area contributed by atoms with Gasteiger partial charge in [0.25, 0.3) is 0 Å². The van der Waals surface area contributed by atoms with Gasteiger partial charge in [-0.05, 0) is 43.5 Å². The maximum absolute atomic E-state index is 5.81. The van der Waals surface area contributed by atoms with Crippen LogP contribution >= 0.6 is 0 Å². The molecule has 0 radical (unpaired) electrons. The number of fused-ring (bicyclic) bond motifs is 1. The van der Waals surface area contributed by atoms with E-state index in [0.29, 0.717) is 0 Å². The van der Waals surface area contributed by atoms with Crippen LogP contribution in [0.3, 0.4) is 0 Å². The van der Waals surface area contributed by atoms with E-state index in [2.05, 4.69) is 21.1 Å². The topological polar surface area (TPSA) is 52.8 Å². The van der Waals surface area contributed by atoms with E-state index >= 15 is 0 Å². The Bertz CT molecular complexity index is 747. The lowest BCUT2D eigenvalue weighted by Crippen LogP contribution is -2.18. The molecule has 0 amide bonds. The number of rotatable bonds is 2. The fraction of sp³-hybridized carbons (Fsp3) is 0.312. The summed E-state index contributed by atoms with van der Waals surface area (Å²) in [6.07, 6.45) is 8.78. The standard InChI is InChI=1S/C16H16N4O/c1-2-9-21-16(5-1)20-15-7-6-13(19-14(15)11-18-20)12-4-3-8-17-10-12/h3-4,6-8,10-11,16H,1-2,5,9H2. The van der Waals surface area contributed by atoms with Gasteiger partial charge in [-0.3, -0.25) is 4.98 Å². The van der Waals surface area contributed by atoms with Gasteiger partial charge in [-0.1, -0.05) is 0 Å². The van der Waals surface area contributed by atoms with Crippen molar-refractivity contribution < 1.29 is 4.74 Å². The zero-order chi connectivity index (χ0) is 14.1. The van der Waals surface area contributed by atoms with Gasteiger partial charge >= 0.3 is 0 Å². The summed E-state index contributed by atoms with van der Waals surface area (Å²) in [5, 5.41) is 4.47. The highest BCUT2D eigenvalue weighted by Crippen LogP contribution is 2.27. The minimum atomic E-state index is 0.0438. The second kappa shape index (κ2) is 5.26. The first-order chi connectivity index (χ1) is 10.4. The number of pyridine rings is 2. The van der Waals surface area contributed by atoms with Crippen molar-refractivity contribution in [2.24, 2.45) is 0 Å². The Kier molecular flexibility index (Phi) is 3.12. The maximum Gasteiger partial charge on any atom is 0.150 e. The Morgan fingerprint density at radius 1 is 1.14 bits per heavy atom. The molecule has 0 N–H and O–H groups in total. The van der Waals surface area contributed by atoms with Crippen LogP contribution in [-0.4, -0.2) is 26.4 Å². The van der Waals surface area contributed by atoms with Crippen LogP contribution in [0.4, 0.5) is 0 Å². The van der Waals surface area contributed by atoms with Gasteiger partial charge in [0, 0.05) is 24.6 Å². The summed E-state index contributed by atoms with van der Waals surface area (Å²) < 4.78 is 7.76. The van der Waals surface area contributed by atoms with E-state index in [1.807, 2.05) is 35.3 Å². The number of ether oxygens (including phenoxy) is 1. The van der Waals surface area contributed by atoms with E-state index in [1.54, 1.807) is 6.20 Å². The Morgan fingerprint density at radius 3 is 2.95 bits per heavy atom. The van der Waals surface area contributed by atoms with Crippen LogP contribution in [0.5, 0.6) is 0 Å². The van der Waals surface area contributed by atoms with Gasteiger partial charge in [0.1, 0.15) is 5.52 Å². The van der Waals surface area contributed by atoms with E-state index in [1.165, 1.54) is 6.42 Å². The van der Waals surface area contributed by atoms with Crippen LogP contribution in [0, 0.1) is 0 Å². The molecule has 1 saturated heterocycles. The molecule has 3 aromatic heterocycles. The van der Waals surface area contributed by atoms with Gasteiger partial charge in [0.2, 0.25) is 0 Å². The van der Waals surface area contributed by atoms with Crippen LogP contribution < -0.4 is 0 Å².